The monoisotopic (exact) mass is 403 g/mol. The van der Waals surface area contributed by atoms with Crippen LogP contribution in [0.2, 0.25) is 0 Å². The fourth-order valence-electron chi connectivity index (χ4n) is 2.38. The summed E-state index contributed by atoms with van der Waals surface area (Å²) in [7, 11) is 0. The van der Waals surface area contributed by atoms with Crippen LogP contribution >= 0.6 is 0 Å². The molecular formula is C16H14F5N5O2. The normalized spacial score (nSPS) is 11.8. The maximum atomic E-state index is 12.9. The highest BCUT2D eigenvalue weighted by molar-refractivity contribution is 5.46. The number of benzene rings is 1. The van der Waals surface area contributed by atoms with E-state index in [0.29, 0.717) is 10.1 Å². The Morgan fingerprint density at radius 2 is 1.89 bits per heavy atom. The first-order valence-electron chi connectivity index (χ1n) is 8.02. The number of hydrogen-bond donors (Lipinski definition) is 1. The maximum absolute atomic E-state index is 12.9. The zero-order chi connectivity index (χ0) is 20.3. The van der Waals surface area contributed by atoms with E-state index in [9.17, 15) is 22.0 Å². The van der Waals surface area contributed by atoms with Crippen LogP contribution in [-0.2, 0) is 12.7 Å². The lowest BCUT2D eigenvalue weighted by Crippen LogP contribution is -2.13. The van der Waals surface area contributed by atoms with Crippen molar-refractivity contribution in [2.24, 2.45) is 0 Å². The molecule has 0 saturated heterocycles. The summed E-state index contributed by atoms with van der Waals surface area (Å²) in [4.78, 5) is 0. The number of fused-ring (bicyclic) bond motifs is 1. The Morgan fingerprint density at radius 3 is 2.57 bits per heavy atom. The number of alkyl halides is 5. The molecule has 0 saturated carbocycles. The van der Waals surface area contributed by atoms with Crippen molar-refractivity contribution in [2.75, 3.05) is 11.9 Å². The van der Waals surface area contributed by atoms with Crippen LogP contribution in [0.4, 0.5) is 27.8 Å². The molecule has 0 spiro atoms. The molecule has 0 unspecified atom stereocenters. The maximum Gasteiger partial charge on any atom is 0.453 e. The number of anilines is 1. The molecule has 1 aromatic carbocycles. The van der Waals surface area contributed by atoms with Crippen molar-refractivity contribution in [1.29, 1.82) is 0 Å². The Bertz CT molecular complexity index is 960. The summed E-state index contributed by atoms with van der Waals surface area (Å²) < 4.78 is 73.9. The minimum Gasteiger partial charge on any atom is -0.490 e. The van der Waals surface area contributed by atoms with E-state index in [1.807, 2.05) is 0 Å². The Labute approximate surface area is 155 Å². The van der Waals surface area contributed by atoms with Crippen LogP contribution in [0.5, 0.6) is 11.5 Å². The molecule has 2 heterocycles. The molecule has 0 amide bonds. The molecule has 7 nitrogen and oxygen atoms in total. The van der Waals surface area contributed by atoms with Crippen molar-refractivity contribution in [3.63, 3.8) is 0 Å². The van der Waals surface area contributed by atoms with Crippen LogP contribution in [0.1, 0.15) is 18.3 Å². The Balaban J connectivity index is 1.79. The third-order valence-electron chi connectivity index (χ3n) is 3.51. The third-order valence-corrected chi connectivity index (χ3v) is 3.51. The molecular weight excluding hydrogens is 389 g/mol. The number of nitrogens with zero attached hydrogens (tertiary/aromatic N) is 4. The van der Waals surface area contributed by atoms with Gasteiger partial charge in [0.1, 0.15) is 5.82 Å². The minimum atomic E-state index is -4.70. The van der Waals surface area contributed by atoms with Crippen LogP contribution in [0.25, 0.3) is 5.65 Å². The number of nitrogens with one attached hydrogen (secondary N) is 1. The summed E-state index contributed by atoms with van der Waals surface area (Å²) in [6.07, 6.45) is -4.70. The number of aromatic nitrogens is 4. The van der Waals surface area contributed by atoms with E-state index in [1.165, 1.54) is 30.3 Å². The van der Waals surface area contributed by atoms with Crippen molar-refractivity contribution < 1.29 is 31.4 Å². The van der Waals surface area contributed by atoms with Gasteiger partial charge in [0, 0.05) is 6.54 Å². The van der Waals surface area contributed by atoms with Crippen molar-refractivity contribution in [1.82, 2.24) is 19.8 Å². The molecule has 12 heteroatoms. The fourth-order valence-corrected chi connectivity index (χ4v) is 2.38. The van der Waals surface area contributed by atoms with Crippen molar-refractivity contribution in [3.05, 3.63) is 41.7 Å². The second-order valence-corrected chi connectivity index (χ2v) is 5.46. The van der Waals surface area contributed by atoms with E-state index < -0.39 is 18.6 Å². The highest BCUT2D eigenvalue weighted by atomic mass is 19.4. The molecule has 3 rings (SSSR count). The summed E-state index contributed by atoms with van der Waals surface area (Å²) >= 11 is 0. The van der Waals surface area contributed by atoms with Gasteiger partial charge in [0.15, 0.2) is 17.1 Å². The van der Waals surface area contributed by atoms with E-state index in [2.05, 4.69) is 25.3 Å². The number of rotatable bonds is 7. The topological polar surface area (TPSA) is 73.6 Å². The van der Waals surface area contributed by atoms with E-state index in [-0.39, 0.29) is 36.1 Å². The average Bonchev–Trinajstić information content (AvgIpc) is 3.05. The van der Waals surface area contributed by atoms with Gasteiger partial charge in [0.05, 0.1) is 6.61 Å². The molecule has 150 valence electrons. The molecule has 0 radical (unpaired) electrons. The first kappa shape index (κ1) is 19.6. The predicted octanol–water partition coefficient (Wildman–Crippen LogP) is 3.76. The van der Waals surface area contributed by atoms with Crippen molar-refractivity contribution in [2.45, 2.75) is 26.3 Å². The molecule has 2 aromatic heterocycles. The standard InChI is InChI=1S/C16H14F5N5O2/c1-2-27-11-7-9(3-4-10(11)28-15(17)18)8-22-12-5-6-13-23-24-14(16(19,20)21)26(13)25-12/h3-7,15H,2,8H2,1H3,(H,22,25). The second-order valence-electron chi connectivity index (χ2n) is 5.46. The molecule has 3 aromatic rings. The van der Waals surface area contributed by atoms with Gasteiger partial charge in [0.25, 0.3) is 5.82 Å². The zero-order valence-electron chi connectivity index (χ0n) is 14.4. The molecule has 0 atom stereocenters. The minimum absolute atomic E-state index is 0.0509. The van der Waals surface area contributed by atoms with Gasteiger partial charge in [0.2, 0.25) is 0 Å². The zero-order valence-corrected chi connectivity index (χ0v) is 14.4. The van der Waals surface area contributed by atoms with Gasteiger partial charge in [-0.25, -0.2) is 0 Å². The molecule has 1 N–H and O–H groups in total. The molecule has 0 aliphatic rings. The quantitative estimate of drug-likeness (QED) is 0.606. The van der Waals surface area contributed by atoms with Crippen LogP contribution < -0.4 is 14.8 Å². The van der Waals surface area contributed by atoms with Crippen LogP contribution in [0, 0.1) is 0 Å². The number of halogens is 5. The van der Waals surface area contributed by atoms with Gasteiger partial charge in [-0.3, -0.25) is 0 Å². The summed E-state index contributed by atoms with van der Waals surface area (Å²) in [5.41, 5.74) is 0.566. The van der Waals surface area contributed by atoms with Gasteiger partial charge in [-0.15, -0.1) is 15.3 Å². The fraction of sp³-hybridized carbons (Fsp3) is 0.312. The molecule has 28 heavy (non-hydrogen) atoms. The number of hydrogen-bond acceptors (Lipinski definition) is 6. The molecule has 0 aliphatic heterocycles. The van der Waals surface area contributed by atoms with Crippen LogP contribution in [-0.4, -0.2) is 33.0 Å². The Hall–Kier alpha value is -3.18. The lowest BCUT2D eigenvalue weighted by Gasteiger charge is -2.13. The first-order valence-corrected chi connectivity index (χ1v) is 8.02. The number of ether oxygens (including phenoxy) is 2. The van der Waals surface area contributed by atoms with E-state index in [4.69, 9.17) is 4.74 Å². The largest absolute Gasteiger partial charge is 0.490 e. The molecule has 0 aliphatic carbocycles. The molecule has 0 bridgehead atoms. The third kappa shape index (κ3) is 4.38. The van der Waals surface area contributed by atoms with E-state index in [0.717, 1.165) is 0 Å². The van der Waals surface area contributed by atoms with E-state index >= 15 is 0 Å². The van der Waals surface area contributed by atoms with E-state index in [1.54, 1.807) is 6.92 Å². The smallest absolute Gasteiger partial charge is 0.453 e. The summed E-state index contributed by atoms with van der Waals surface area (Å²) in [6, 6.07) is 7.12. The van der Waals surface area contributed by atoms with Gasteiger partial charge < -0.3 is 14.8 Å². The lowest BCUT2D eigenvalue weighted by atomic mass is 10.2. The summed E-state index contributed by atoms with van der Waals surface area (Å²) in [6.45, 7) is -0.918. The van der Waals surface area contributed by atoms with Gasteiger partial charge in [-0.1, -0.05) is 6.07 Å². The Morgan fingerprint density at radius 1 is 1.11 bits per heavy atom. The Kier molecular flexibility index (Phi) is 5.47. The second kappa shape index (κ2) is 7.82. The predicted molar refractivity (Wildman–Crippen MR) is 87.4 cm³/mol. The van der Waals surface area contributed by atoms with Crippen molar-refractivity contribution >= 4 is 11.5 Å². The lowest BCUT2D eigenvalue weighted by molar-refractivity contribution is -0.146. The highest BCUT2D eigenvalue weighted by Crippen LogP contribution is 2.30. The van der Waals surface area contributed by atoms with Gasteiger partial charge in [-0.2, -0.15) is 26.5 Å². The first-order chi connectivity index (χ1) is 13.3. The van der Waals surface area contributed by atoms with Gasteiger partial charge in [-0.05, 0) is 36.8 Å². The summed E-state index contributed by atoms with van der Waals surface area (Å²) in [5.74, 6) is -1.08. The highest BCUT2D eigenvalue weighted by Gasteiger charge is 2.37. The van der Waals surface area contributed by atoms with Gasteiger partial charge >= 0.3 is 12.8 Å². The van der Waals surface area contributed by atoms with Crippen LogP contribution in [0.3, 0.4) is 0 Å². The van der Waals surface area contributed by atoms with Crippen molar-refractivity contribution in [3.8, 4) is 11.5 Å². The molecule has 0 fully saturated rings. The SMILES string of the molecule is CCOc1cc(CNc2ccc3nnc(C(F)(F)F)n3n2)ccc1OC(F)F. The van der Waals surface area contributed by atoms with Crippen LogP contribution in [0.15, 0.2) is 30.3 Å². The average molecular weight is 403 g/mol. The summed E-state index contributed by atoms with van der Waals surface area (Å²) in [5, 5.41) is 13.2.